The smallest absolute Gasteiger partial charge is 0.319 e. The van der Waals surface area contributed by atoms with Gasteiger partial charge in [0.15, 0.2) is 5.82 Å². The van der Waals surface area contributed by atoms with Gasteiger partial charge in [-0.05, 0) is 63.9 Å². The van der Waals surface area contributed by atoms with E-state index in [1.54, 1.807) is 29.3 Å². The summed E-state index contributed by atoms with van der Waals surface area (Å²) in [4.78, 5) is 35.0. The molecular formula is C36H41ClF2N8O2. The van der Waals surface area contributed by atoms with E-state index in [1.165, 1.54) is 0 Å². The van der Waals surface area contributed by atoms with Crippen LogP contribution in [0.3, 0.4) is 0 Å². The molecule has 13 heteroatoms. The van der Waals surface area contributed by atoms with E-state index >= 15 is 4.39 Å². The van der Waals surface area contributed by atoms with Gasteiger partial charge in [0, 0.05) is 62.0 Å². The van der Waals surface area contributed by atoms with Gasteiger partial charge in [0.05, 0.1) is 29.5 Å². The van der Waals surface area contributed by atoms with Crippen molar-refractivity contribution >= 4 is 34.2 Å². The predicted octanol–water partition coefficient (Wildman–Crippen LogP) is 5.37. The van der Waals surface area contributed by atoms with Crippen molar-refractivity contribution in [1.29, 1.82) is 5.26 Å². The van der Waals surface area contributed by atoms with Gasteiger partial charge in [0.1, 0.15) is 29.8 Å². The second-order valence-electron chi connectivity index (χ2n) is 14.0. The molecule has 0 bridgehead atoms. The van der Waals surface area contributed by atoms with Crippen LogP contribution in [-0.4, -0.2) is 113 Å². The minimum absolute atomic E-state index is 0.00227. The molecule has 3 aromatic rings. The number of piperazine rings is 1. The third kappa shape index (κ3) is 6.68. The number of nitrogens with zero attached hydrogens (tertiary/aromatic N) is 8. The second-order valence-corrected chi connectivity index (χ2v) is 14.4. The Labute approximate surface area is 290 Å². The summed E-state index contributed by atoms with van der Waals surface area (Å²) < 4.78 is 37.6. The Morgan fingerprint density at radius 1 is 1.22 bits per heavy atom. The molecule has 7 rings (SSSR count). The first-order chi connectivity index (χ1) is 23.7. The summed E-state index contributed by atoms with van der Waals surface area (Å²) in [6, 6.07) is 7.26. The number of hydrogen-bond acceptors (Lipinski definition) is 9. The lowest BCUT2D eigenvalue weighted by Crippen LogP contribution is -2.55. The Balaban J connectivity index is 1.26. The summed E-state index contributed by atoms with van der Waals surface area (Å²) >= 11 is 6.62. The van der Waals surface area contributed by atoms with Crippen LogP contribution < -0.4 is 9.64 Å². The molecule has 3 saturated heterocycles. The Bertz CT molecular complexity index is 1810. The van der Waals surface area contributed by atoms with Gasteiger partial charge in [-0.2, -0.15) is 15.2 Å². The number of carbonyl (C=O) groups is 1. The van der Waals surface area contributed by atoms with Crippen LogP contribution in [-0.2, 0) is 4.79 Å². The highest BCUT2D eigenvalue weighted by Crippen LogP contribution is 2.48. The Kier molecular flexibility index (Phi) is 9.43. The molecule has 0 radical (unpaired) electrons. The average molecular weight is 691 g/mol. The number of ether oxygens (including phenoxy) is 1. The molecule has 10 nitrogen and oxygen atoms in total. The van der Waals surface area contributed by atoms with E-state index in [-0.39, 0.29) is 42.1 Å². The number of nitriles is 1. The summed E-state index contributed by atoms with van der Waals surface area (Å²) in [7, 11) is 3.85. The number of alkyl halides is 1. The normalized spacial score (nSPS) is 24.3. The third-order valence-corrected chi connectivity index (χ3v) is 10.6. The monoisotopic (exact) mass is 690 g/mol. The van der Waals surface area contributed by atoms with E-state index in [0.717, 1.165) is 37.8 Å². The molecule has 0 spiro atoms. The molecule has 3 aliphatic heterocycles. The summed E-state index contributed by atoms with van der Waals surface area (Å²) in [5.74, 6) is -0.0884. The van der Waals surface area contributed by atoms with E-state index in [9.17, 15) is 14.4 Å². The van der Waals surface area contributed by atoms with Crippen LogP contribution in [0, 0.1) is 17.1 Å². The first-order valence-electron chi connectivity index (χ1n) is 17.1. The maximum atomic E-state index is 16.8. The van der Waals surface area contributed by atoms with Gasteiger partial charge in [0.25, 0.3) is 0 Å². The number of carbonyl (C=O) groups excluding carboxylic acids is 1. The number of anilines is 1. The molecule has 2 aromatic heterocycles. The summed E-state index contributed by atoms with van der Waals surface area (Å²) in [6.45, 7) is 3.05. The van der Waals surface area contributed by atoms with Gasteiger partial charge in [-0.3, -0.25) is 14.7 Å². The van der Waals surface area contributed by atoms with Crippen molar-refractivity contribution in [1.82, 2.24) is 29.7 Å². The molecule has 0 unspecified atom stereocenters. The molecule has 0 N–H and O–H groups in total. The van der Waals surface area contributed by atoms with Crippen molar-refractivity contribution in [3.05, 3.63) is 53.0 Å². The average Bonchev–Trinajstić information content (AvgIpc) is 3.76. The summed E-state index contributed by atoms with van der Waals surface area (Å²) in [5.41, 5.74) is 1.31. The predicted molar refractivity (Wildman–Crippen MR) is 184 cm³/mol. The summed E-state index contributed by atoms with van der Waals surface area (Å²) in [5, 5.41) is 10.7. The molecule has 49 heavy (non-hydrogen) atoms. The van der Waals surface area contributed by atoms with Crippen LogP contribution in [0.25, 0.3) is 22.2 Å². The number of benzene rings is 1. The zero-order chi connectivity index (χ0) is 34.3. The number of fused-ring (bicyclic) bond motifs is 2. The molecule has 1 aliphatic carbocycles. The fraction of sp³-hybridized carbons (Fsp3) is 0.528. The van der Waals surface area contributed by atoms with Crippen LogP contribution in [0.1, 0.15) is 50.0 Å². The van der Waals surface area contributed by atoms with Gasteiger partial charge in [-0.1, -0.05) is 29.8 Å². The van der Waals surface area contributed by atoms with Crippen molar-refractivity contribution in [2.24, 2.45) is 0 Å². The lowest BCUT2D eigenvalue weighted by molar-refractivity contribution is -0.128. The number of pyridine rings is 1. The maximum Gasteiger partial charge on any atom is 0.319 e. The Morgan fingerprint density at radius 2 is 2.06 bits per heavy atom. The quantitative estimate of drug-likeness (QED) is 0.260. The van der Waals surface area contributed by atoms with Gasteiger partial charge >= 0.3 is 6.01 Å². The largest absolute Gasteiger partial charge is 0.461 e. The lowest BCUT2D eigenvalue weighted by atomic mass is 9.95. The fourth-order valence-electron chi connectivity index (χ4n) is 7.77. The Morgan fingerprint density at radius 3 is 2.84 bits per heavy atom. The van der Waals surface area contributed by atoms with Crippen LogP contribution in [0.5, 0.6) is 6.01 Å². The molecule has 1 aromatic carbocycles. The van der Waals surface area contributed by atoms with Crippen LogP contribution in [0.4, 0.5) is 14.6 Å². The molecule has 1 saturated carbocycles. The number of aromatic nitrogens is 3. The topological polar surface area (TPSA) is 102 Å². The van der Waals surface area contributed by atoms with E-state index in [1.807, 2.05) is 36.0 Å². The molecule has 4 aliphatic rings. The second kappa shape index (κ2) is 13.8. The maximum absolute atomic E-state index is 16.8. The van der Waals surface area contributed by atoms with Crippen molar-refractivity contribution in [3.8, 4) is 23.3 Å². The number of likely N-dealkylation sites (N-methyl/N-ethyl adjacent to an activating group) is 1. The number of hydrogen-bond donors (Lipinski definition) is 0. The van der Waals surface area contributed by atoms with E-state index in [4.69, 9.17) is 21.3 Å². The van der Waals surface area contributed by atoms with Crippen molar-refractivity contribution in [2.45, 2.75) is 62.2 Å². The van der Waals surface area contributed by atoms with E-state index in [2.05, 4.69) is 20.9 Å². The molecule has 5 heterocycles. The molecule has 1 amide bonds. The lowest BCUT2D eigenvalue weighted by Gasteiger charge is -2.41. The summed E-state index contributed by atoms with van der Waals surface area (Å²) in [6.07, 6.45) is 8.26. The standard InChI is InChI=1S/C36H41ClF2N8O2/c1-44(2)14-4-8-29(48)47-17-16-45(21-25(47)11-13-40)34-27-19-41-32(26-6-3-7-28(37)30(26)23-9-10-23)31(39)33(27)42-35(43-34)49-22-36-12-5-15-46(36)20-24(38)18-36/h3-4,6-8,19,23-25H,5,9-12,14-18,20-22H2,1-2H3/b8-4+/t24-,25+,36+/m1/s1. The van der Waals surface area contributed by atoms with Gasteiger partial charge < -0.3 is 19.4 Å². The van der Waals surface area contributed by atoms with Crippen LogP contribution in [0.15, 0.2) is 36.5 Å². The van der Waals surface area contributed by atoms with Crippen LogP contribution >= 0.6 is 11.6 Å². The molecule has 258 valence electrons. The minimum atomic E-state index is -0.921. The zero-order valence-electron chi connectivity index (χ0n) is 27.9. The van der Waals surface area contributed by atoms with E-state index in [0.29, 0.717) is 60.9 Å². The number of amides is 1. The van der Waals surface area contributed by atoms with Gasteiger partial charge in [0.2, 0.25) is 5.91 Å². The molecule has 3 atom stereocenters. The van der Waals surface area contributed by atoms with E-state index < -0.39 is 23.6 Å². The van der Waals surface area contributed by atoms with Crippen LogP contribution in [0.2, 0.25) is 5.02 Å². The SMILES string of the molecule is CN(C)C/C=C/C(=O)N1CCN(c2nc(OC[C@@]34CCCN3C[C@H](F)C4)nc3c(F)c(-c4cccc(Cl)c4C4CC4)ncc23)C[C@@H]1CC#N. The van der Waals surface area contributed by atoms with Crippen molar-refractivity contribution in [3.63, 3.8) is 0 Å². The third-order valence-electron chi connectivity index (χ3n) is 10.3. The van der Waals surface area contributed by atoms with Gasteiger partial charge in [-0.15, -0.1) is 0 Å². The number of halogens is 3. The van der Waals surface area contributed by atoms with Gasteiger partial charge in [-0.25, -0.2) is 8.78 Å². The first-order valence-corrected chi connectivity index (χ1v) is 17.5. The molecule has 4 fully saturated rings. The highest BCUT2D eigenvalue weighted by Gasteiger charge is 2.49. The first kappa shape index (κ1) is 33.6. The number of rotatable bonds is 10. The highest BCUT2D eigenvalue weighted by molar-refractivity contribution is 6.32. The zero-order valence-corrected chi connectivity index (χ0v) is 28.7. The Hall–Kier alpha value is -3.92. The van der Waals surface area contributed by atoms with Crippen molar-refractivity contribution in [2.75, 3.05) is 64.9 Å². The minimum Gasteiger partial charge on any atom is -0.461 e. The van der Waals surface area contributed by atoms with Crippen molar-refractivity contribution < 1.29 is 18.3 Å². The fourth-order valence-corrected chi connectivity index (χ4v) is 8.10. The highest BCUT2D eigenvalue weighted by atomic mass is 35.5. The molecular weight excluding hydrogens is 650 g/mol.